The van der Waals surface area contributed by atoms with Crippen molar-refractivity contribution in [3.63, 3.8) is 0 Å². The molecule has 2 aromatic rings. The number of hydrogen-bond donors (Lipinski definition) is 1. The van der Waals surface area contributed by atoms with Crippen molar-refractivity contribution in [1.29, 1.82) is 0 Å². The molecule has 1 heterocycles. The third kappa shape index (κ3) is 3.11. The van der Waals surface area contributed by atoms with Gasteiger partial charge in [-0.15, -0.1) is 0 Å². The molecular weight excluding hydrogens is 270 g/mol. The summed E-state index contributed by atoms with van der Waals surface area (Å²) in [5.74, 6) is -0.154. The van der Waals surface area contributed by atoms with Gasteiger partial charge in [0.2, 0.25) is 0 Å². The quantitative estimate of drug-likeness (QED) is 0.877. The Morgan fingerprint density at radius 2 is 2.00 bits per heavy atom. The monoisotopic (exact) mass is 287 g/mol. The van der Waals surface area contributed by atoms with E-state index in [-0.39, 0.29) is 18.5 Å². The Labute approximate surface area is 123 Å². The van der Waals surface area contributed by atoms with Gasteiger partial charge in [0.15, 0.2) is 0 Å². The van der Waals surface area contributed by atoms with Gasteiger partial charge in [-0.05, 0) is 26.0 Å². The maximum Gasteiger partial charge on any atom is 0.273 e. The average Bonchev–Trinajstić information content (AvgIpc) is 2.43. The topological polar surface area (TPSA) is 59.2 Å². The van der Waals surface area contributed by atoms with Gasteiger partial charge in [0, 0.05) is 11.4 Å². The van der Waals surface area contributed by atoms with E-state index < -0.39 is 0 Å². The molecule has 0 saturated heterocycles. The average molecular weight is 287 g/mol. The SMILES string of the molecule is CC(C)N(CC(N)=S)C(=O)c1ccc2ccccc2n1. The zero-order chi connectivity index (χ0) is 14.7. The first-order chi connectivity index (χ1) is 9.49. The van der Waals surface area contributed by atoms with E-state index in [2.05, 4.69) is 4.98 Å². The van der Waals surface area contributed by atoms with Gasteiger partial charge in [0.05, 0.1) is 17.0 Å². The third-order valence-electron chi connectivity index (χ3n) is 3.03. The molecule has 104 valence electrons. The largest absolute Gasteiger partial charge is 0.392 e. The van der Waals surface area contributed by atoms with Crippen LogP contribution in [0.3, 0.4) is 0 Å². The van der Waals surface area contributed by atoms with Crippen molar-refractivity contribution in [3.8, 4) is 0 Å². The minimum Gasteiger partial charge on any atom is -0.392 e. The molecule has 0 aliphatic heterocycles. The number of aromatic nitrogens is 1. The van der Waals surface area contributed by atoms with Gasteiger partial charge in [-0.1, -0.05) is 36.5 Å². The second-order valence-corrected chi connectivity index (χ2v) is 5.41. The molecule has 0 aliphatic carbocycles. The number of carbonyl (C=O) groups is 1. The zero-order valence-corrected chi connectivity index (χ0v) is 12.4. The second kappa shape index (κ2) is 5.96. The number of thiocarbonyl (C=S) groups is 1. The van der Waals surface area contributed by atoms with Crippen LogP contribution in [0.2, 0.25) is 0 Å². The van der Waals surface area contributed by atoms with Crippen molar-refractivity contribution in [2.75, 3.05) is 6.54 Å². The lowest BCUT2D eigenvalue weighted by atomic mass is 10.2. The predicted molar refractivity (Wildman–Crippen MR) is 84.7 cm³/mol. The summed E-state index contributed by atoms with van der Waals surface area (Å²) in [6, 6.07) is 11.3. The molecule has 2 rings (SSSR count). The molecule has 0 unspecified atom stereocenters. The van der Waals surface area contributed by atoms with Gasteiger partial charge in [0.25, 0.3) is 5.91 Å². The minimum absolute atomic E-state index is 0.0114. The Bertz CT molecular complexity index is 654. The number of rotatable bonds is 4. The van der Waals surface area contributed by atoms with Crippen molar-refractivity contribution < 1.29 is 4.79 Å². The van der Waals surface area contributed by atoms with E-state index >= 15 is 0 Å². The lowest BCUT2D eigenvalue weighted by Gasteiger charge is -2.25. The summed E-state index contributed by atoms with van der Waals surface area (Å²) < 4.78 is 0. The lowest BCUT2D eigenvalue weighted by molar-refractivity contribution is 0.0730. The molecule has 0 fully saturated rings. The lowest BCUT2D eigenvalue weighted by Crippen LogP contribution is -2.42. The number of fused-ring (bicyclic) bond motifs is 1. The summed E-state index contributed by atoms with van der Waals surface area (Å²) in [7, 11) is 0. The number of benzene rings is 1. The molecule has 0 radical (unpaired) electrons. The maximum atomic E-state index is 12.5. The summed E-state index contributed by atoms with van der Waals surface area (Å²) in [5.41, 5.74) is 6.77. The van der Waals surface area contributed by atoms with Gasteiger partial charge in [-0.2, -0.15) is 0 Å². The van der Waals surface area contributed by atoms with Crippen molar-refractivity contribution >= 4 is 34.0 Å². The molecule has 0 atom stereocenters. The highest BCUT2D eigenvalue weighted by Crippen LogP contribution is 2.14. The molecule has 0 aliphatic rings. The van der Waals surface area contributed by atoms with Crippen LogP contribution in [0.4, 0.5) is 0 Å². The molecule has 20 heavy (non-hydrogen) atoms. The van der Waals surface area contributed by atoms with Gasteiger partial charge < -0.3 is 10.6 Å². The standard InChI is InChI=1S/C15H17N3OS/c1-10(2)18(9-14(16)20)15(19)13-8-7-11-5-3-4-6-12(11)17-13/h3-8,10H,9H2,1-2H3,(H2,16,20). The molecule has 4 nitrogen and oxygen atoms in total. The fraction of sp³-hybridized carbons (Fsp3) is 0.267. The number of carbonyl (C=O) groups excluding carboxylic acids is 1. The summed E-state index contributed by atoms with van der Waals surface area (Å²) in [6.45, 7) is 4.12. The maximum absolute atomic E-state index is 12.5. The Morgan fingerprint density at radius 1 is 1.30 bits per heavy atom. The van der Waals surface area contributed by atoms with Gasteiger partial charge in [-0.3, -0.25) is 4.79 Å². The van der Waals surface area contributed by atoms with Gasteiger partial charge in [0.1, 0.15) is 5.69 Å². The molecule has 1 amide bonds. The molecule has 2 N–H and O–H groups in total. The van der Waals surface area contributed by atoms with Crippen LogP contribution >= 0.6 is 12.2 Å². The van der Waals surface area contributed by atoms with Crippen molar-refractivity contribution in [2.45, 2.75) is 19.9 Å². The number of amides is 1. The summed E-state index contributed by atoms with van der Waals surface area (Å²) >= 11 is 4.90. The molecule has 0 spiro atoms. The first-order valence-corrected chi connectivity index (χ1v) is 6.85. The molecule has 5 heteroatoms. The Hall–Kier alpha value is -2.01. The van der Waals surface area contributed by atoms with Crippen LogP contribution < -0.4 is 5.73 Å². The third-order valence-corrected chi connectivity index (χ3v) is 3.16. The summed E-state index contributed by atoms with van der Waals surface area (Å²) in [6.07, 6.45) is 0. The van der Waals surface area contributed by atoms with Gasteiger partial charge in [-0.25, -0.2) is 4.98 Å². The Balaban J connectivity index is 2.35. The highest BCUT2D eigenvalue weighted by atomic mass is 32.1. The zero-order valence-electron chi connectivity index (χ0n) is 11.5. The number of hydrogen-bond acceptors (Lipinski definition) is 3. The van der Waals surface area contributed by atoms with Crippen LogP contribution in [-0.2, 0) is 0 Å². The highest BCUT2D eigenvalue weighted by molar-refractivity contribution is 7.80. The minimum atomic E-state index is -0.154. The fourth-order valence-electron chi connectivity index (χ4n) is 1.99. The first kappa shape index (κ1) is 14.4. The van der Waals surface area contributed by atoms with Crippen LogP contribution in [0, 0.1) is 0 Å². The Kier molecular flexibility index (Phi) is 4.29. The van der Waals surface area contributed by atoms with Crippen LogP contribution in [-0.4, -0.2) is 33.4 Å². The second-order valence-electron chi connectivity index (χ2n) is 4.88. The van der Waals surface area contributed by atoms with Crippen LogP contribution in [0.25, 0.3) is 10.9 Å². The fourth-order valence-corrected chi connectivity index (χ4v) is 2.13. The summed E-state index contributed by atoms with van der Waals surface area (Å²) in [5, 5.41) is 1.01. The predicted octanol–water partition coefficient (Wildman–Crippen LogP) is 2.37. The van der Waals surface area contributed by atoms with Crippen LogP contribution in [0.5, 0.6) is 0 Å². The smallest absolute Gasteiger partial charge is 0.273 e. The highest BCUT2D eigenvalue weighted by Gasteiger charge is 2.20. The van der Waals surface area contributed by atoms with E-state index in [1.54, 1.807) is 11.0 Å². The van der Waals surface area contributed by atoms with Crippen LogP contribution in [0.1, 0.15) is 24.3 Å². The van der Waals surface area contributed by atoms with E-state index in [1.165, 1.54) is 0 Å². The first-order valence-electron chi connectivity index (χ1n) is 6.44. The van der Waals surface area contributed by atoms with Crippen LogP contribution in [0.15, 0.2) is 36.4 Å². The number of pyridine rings is 1. The van der Waals surface area contributed by atoms with E-state index in [9.17, 15) is 4.79 Å². The van der Waals surface area contributed by atoms with Crippen molar-refractivity contribution in [3.05, 3.63) is 42.1 Å². The molecule has 1 aromatic carbocycles. The van der Waals surface area contributed by atoms with Gasteiger partial charge >= 0.3 is 0 Å². The van der Waals surface area contributed by atoms with E-state index in [0.717, 1.165) is 10.9 Å². The number of nitrogens with two attached hydrogens (primary N) is 1. The summed E-state index contributed by atoms with van der Waals surface area (Å²) in [4.78, 5) is 18.8. The van der Waals surface area contributed by atoms with E-state index in [1.807, 2.05) is 44.2 Å². The van der Waals surface area contributed by atoms with Crippen molar-refractivity contribution in [1.82, 2.24) is 9.88 Å². The molecular formula is C15H17N3OS. The number of para-hydroxylation sites is 1. The van der Waals surface area contributed by atoms with Crippen molar-refractivity contribution in [2.24, 2.45) is 5.73 Å². The van der Waals surface area contributed by atoms with E-state index in [4.69, 9.17) is 18.0 Å². The normalized spacial score (nSPS) is 10.8. The molecule has 0 bridgehead atoms. The Morgan fingerprint density at radius 3 is 2.65 bits per heavy atom. The molecule has 1 aromatic heterocycles. The molecule has 0 saturated carbocycles. The van der Waals surface area contributed by atoms with E-state index in [0.29, 0.717) is 10.7 Å². The number of nitrogens with zero attached hydrogens (tertiary/aromatic N) is 2.